The van der Waals surface area contributed by atoms with Crippen molar-refractivity contribution in [1.82, 2.24) is 10.6 Å². The van der Waals surface area contributed by atoms with Gasteiger partial charge in [0.15, 0.2) is 0 Å². The summed E-state index contributed by atoms with van der Waals surface area (Å²) in [6.45, 7) is 12.2. The van der Waals surface area contributed by atoms with Gasteiger partial charge in [-0.2, -0.15) is 0 Å². The summed E-state index contributed by atoms with van der Waals surface area (Å²) >= 11 is 0. The summed E-state index contributed by atoms with van der Waals surface area (Å²) in [6.07, 6.45) is 1.12. The zero-order chi connectivity index (χ0) is 14.3. The smallest absolute Gasteiger partial charge is 0.000580 e. The molecule has 2 nitrogen and oxygen atoms in total. The van der Waals surface area contributed by atoms with Gasteiger partial charge in [0.2, 0.25) is 0 Å². The van der Waals surface area contributed by atoms with Gasteiger partial charge in [-0.15, -0.1) is 0 Å². The van der Waals surface area contributed by atoms with E-state index in [9.17, 15) is 0 Å². The number of benzene rings is 1. The van der Waals surface area contributed by atoms with Crippen LogP contribution in [-0.2, 0) is 6.42 Å². The molecule has 0 aromatic heterocycles. The molecule has 2 heteroatoms. The van der Waals surface area contributed by atoms with Gasteiger partial charge in [0, 0.05) is 0 Å². The molecule has 0 saturated carbocycles. The van der Waals surface area contributed by atoms with Crippen molar-refractivity contribution < 1.29 is 0 Å². The normalized spacial score (nSPS) is 12.9. The summed E-state index contributed by atoms with van der Waals surface area (Å²) in [5.74, 6) is 1.43. The van der Waals surface area contributed by atoms with Crippen molar-refractivity contribution in [2.24, 2.45) is 11.8 Å². The topological polar surface area (TPSA) is 24.1 Å². The van der Waals surface area contributed by atoms with Crippen LogP contribution in [0.1, 0.15) is 30.5 Å². The third kappa shape index (κ3) is 5.75. The lowest BCUT2D eigenvalue weighted by Crippen LogP contribution is -2.34. The maximum absolute atomic E-state index is 3.61. The highest BCUT2D eigenvalue weighted by atomic mass is 14.9. The van der Waals surface area contributed by atoms with Crippen molar-refractivity contribution in [1.29, 1.82) is 0 Å². The molecule has 1 rings (SSSR count). The lowest BCUT2D eigenvalue weighted by Gasteiger charge is -2.21. The van der Waals surface area contributed by atoms with Gasteiger partial charge in [-0.1, -0.05) is 37.6 Å². The zero-order valence-electron chi connectivity index (χ0n) is 13.2. The fourth-order valence-electron chi connectivity index (χ4n) is 2.39. The van der Waals surface area contributed by atoms with E-state index < -0.39 is 0 Å². The van der Waals surface area contributed by atoms with E-state index >= 15 is 0 Å². The van der Waals surface area contributed by atoms with Crippen molar-refractivity contribution in [2.75, 3.05) is 26.7 Å². The van der Waals surface area contributed by atoms with Crippen LogP contribution < -0.4 is 10.6 Å². The Labute approximate surface area is 119 Å². The first kappa shape index (κ1) is 16.2. The highest BCUT2D eigenvalue weighted by molar-refractivity contribution is 5.30. The first-order valence-corrected chi connectivity index (χ1v) is 7.46. The molecule has 2 N–H and O–H groups in total. The first-order valence-electron chi connectivity index (χ1n) is 7.46. The minimum Gasteiger partial charge on any atom is -0.319 e. The molecule has 0 aliphatic carbocycles. The Kier molecular flexibility index (Phi) is 7.11. The fourth-order valence-corrected chi connectivity index (χ4v) is 2.39. The Morgan fingerprint density at radius 3 is 2.47 bits per heavy atom. The largest absolute Gasteiger partial charge is 0.319 e. The second-order valence-electron chi connectivity index (χ2n) is 5.95. The monoisotopic (exact) mass is 262 g/mol. The summed E-state index contributed by atoms with van der Waals surface area (Å²) < 4.78 is 0. The van der Waals surface area contributed by atoms with E-state index in [1.807, 2.05) is 7.05 Å². The second-order valence-corrected chi connectivity index (χ2v) is 5.95. The summed E-state index contributed by atoms with van der Waals surface area (Å²) in [6, 6.07) is 6.72. The maximum Gasteiger partial charge on any atom is -0.000580 e. The van der Waals surface area contributed by atoms with Crippen molar-refractivity contribution >= 4 is 0 Å². The third-order valence-electron chi connectivity index (χ3n) is 3.89. The van der Waals surface area contributed by atoms with E-state index in [1.54, 1.807) is 0 Å². The van der Waals surface area contributed by atoms with Gasteiger partial charge in [0.1, 0.15) is 0 Å². The summed E-state index contributed by atoms with van der Waals surface area (Å²) in [4.78, 5) is 0. The number of nitrogens with one attached hydrogen (secondary N) is 2. The highest BCUT2D eigenvalue weighted by Crippen LogP contribution is 2.11. The van der Waals surface area contributed by atoms with Gasteiger partial charge in [-0.05, 0) is 69.9 Å². The van der Waals surface area contributed by atoms with Crippen LogP contribution in [0.3, 0.4) is 0 Å². The first-order chi connectivity index (χ1) is 9.04. The Morgan fingerprint density at radius 1 is 1.11 bits per heavy atom. The molecule has 0 bridgehead atoms. The van der Waals surface area contributed by atoms with E-state index in [4.69, 9.17) is 0 Å². The quantitative estimate of drug-likeness (QED) is 0.704. The van der Waals surface area contributed by atoms with Gasteiger partial charge in [-0.25, -0.2) is 0 Å². The van der Waals surface area contributed by atoms with Crippen LogP contribution in [0.5, 0.6) is 0 Å². The molecule has 0 spiro atoms. The predicted octanol–water partition coefficient (Wildman–Crippen LogP) is 2.93. The van der Waals surface area contributed by atoms with Crippen molar-refractivity contribution in [3.8, 4) is 0 Å². The van der Waals surface area contributed by atoms with Crippen LogP contribution in [0.25, 0.3) is 0 Å². The predicted molar refractivity (Wildman–Crippen MR) is 84.7 cm³/mol. The Bertz CT molecular complexity index is 372. The van der Waals surface area contributed by atoms with Gasteiger partial charge in [0.05, 0.1) is 0 Å². The van der Waals surface area contributed by atoms with Crippen LogP contribution in [0.4, 0.5) is 0 Å². The maximum atomic E-state index is 3.61. The van der Waals surface area contributed by atoms with Gasteiger partial charge >= 0.3 is 0 Å². The van der Waals surface area contributed by atoms with Crippen LogP contribution >= 0.6 is 0 Å². The molecule has 0 aliphatic rings. The molecule has 0 aliphatic heterocycles. The Balaban J connectivity index is 2.35. The van der Waals surface area contributed by atoms with E-state index in [1.165, 1.54) is 16.7 Å². The van der Waals surface area contributed by atoms with E-state index in [2.05, 4.69) is 56.5 Å². The van der Waals surface area contributed by atoms with E-state index in [0.717, 1.165) is 32.0 Å². The Morgan fingerprint density at radius 2 is 1.84 bits per heavy atom. The number of hydrogen-bond donors (Lipinski definition) is 2. The molecule has 0 fully saturated rings. The van der Waals surface area contributed by atoms with Crippen LogP contribution in [0.2, 0.25) is 0 Å². The highest BCUT2D eigenvalue weighted by Gasteiger charge is 2.11. The molecular weight excluding hydrogens is 232 g/mol. The zero-order valence-corrected chi connectivity index (χ0v) is 13.2. The second kappa shape index (κ2) is 8.34. The Hall–Kier alpha value is -0.860. The molecule has 1 aromatic carbocycles. The van der Waals surface area contributed by atoms with Crippen molar-refractivity contribution in [3.63, 3.8) is 0 Å². The van der Waals surface area contributed by atoms with Crippen molar-refractivity contribution in [3.05, 3.63) is 34.9 Å². The fraction of sp³-hybridized carbons (Fsp3) is 0.647. The van der Waals surface area contributed by atoms with E-state index in [-0.39, 0.29) is 0 Å². The summed E-state index contributed by atoms with van der Waals surface area (Å²) in [5, 5.41) is 6.89. The number of aryl methyl sites for hydroxylation is 2. The van der Waals surface area contributed by atoms with Crippen LogP contribution in [0, 0.1) is 25.7 Å². The molecule has 108 valence electrons. The van der Waals surface area contributed by atoms with Crippen molar-refractivity contribution in [2.45, 2.75) is 34.1 Å². The van der Waals surface area contributed by atoms with Crippen LogP contribution in [0.15, 0.2) is 18.2 Å². The molecule has 1 aromatic rings. The summed E-state index contributed by atoms with van der Waals surface area (Å²) in [5.41, 5.74) is 4.24. The molecule has 0 amide bonds. The van der Waals surface area contributed by atoms with Gasteiger partial charge in [0.25, 0.3) is 0 Å². The molecule has 1 atom stereocenters. The average molecular weight is 262 g/mol. The third-order valence-corrected chi connectivity index (χ3v) is 3.89. The van der Waals surface area contributed by atoms with Gasteiger partial charge in [-0.3, -0.25) is 0 Å². The average Bonchev–Trinajstić information content (AvgIpc) is 2.36. The molecule has 0 saturated heterocycles. The standard InChI is InChI=1S/C17H30N2/c1-13(2)17(11-18-5)12-19-9-8-16-10-14(3)6-7-15(16)4/h6-7,10,13,17-19H,8-9,11-12H2,1-5H3. The minimum absolute atomic E-state index is 0.712. The minimum atomic E-state index is 0.712. The number of rotatable bonds is 8. The molecule has 0 radical (unpaired) electrons. The molecule has 1 unspecified atom stereocenters. The molecule has 19 heavy (non-hydrogen) atoms. The molecule has 0 heterocycles. The van der Waals surface area contributed by atoms with E-state index in [0.29, 0.717) is 5.92 Å². The summed E-state index contributed by atoms with van der Waals surface area (Å²) in [7, 11) is 2.03. The lowest BCUT2D eigenvalue weighted by molar-refractivity contribution is 0.354. The number of hydrogen-bond acceptors (Lipinski definition) is 2. The van der Waals surface area contributed by atoms with Gasteiger partial charge < -0.3 is 10.6 Å². The SMILES string of the molecule is CNCC(CNCCc1cc(C)ccc1C)C(C)C. The molecular formula is C17H30N2. The lowest BCUT2D eigenvalue weighted by atomic mass is 9.95. The van der Waals surface area contributed by atoms with Crippen LogP contribution in [-0.4, -0.2) is 26.7 Å².